The van der Waals surface area contributed by atoms with E-state index < -0.39 is 0 Å². The molecule has 0 fully saturated rings. The summed E-state index contributed by atoms with van der Waals surface area (Å²) in [5, 5.41) is 4.95. The van der Waals surface area contributed by atoms with Crippen LogP contribution >= 0.6 is 11.6 Å². The van der Waals surface area contributed by atoms with Gasteiger partial charge in [0, 0.05) is 11.9 Å². The number of rotatable bonds is 4. The number of pyridine rings is 1. The highest BCUT2D eigenvalue weighted by Crippen LogP contribution is 2.22. The van der Waals surface area contributed by atoms with Gasteiger partial charge in [0.15, 0.2) is 0 Å². The molecule has 4 heteroatoms. The second-order valence-corrected chi connectivity index (χ2v) is 4.49. The maximum atomic E-state index is 11.9. The molecule has 0 spiro atoms. The number of aromatic nitrogens is 1. The maximum absolute atomic E-state index is 11.9. The molecule has 0 radical (unpaired) electrons. The number of nitrogens with zero attached hydrogens (tertiary/aromatic N) is 1. The lowest BCUT2D eigenvalue weighted by Crippen LogP contribution is -2.25. The molecular formula is C15H15ClN2O. The molecule has 2 aromatic rings. The van der Waals surface area contributed by atoms with Crippen molar-refractivity contribution in [3.8, 4) is 0 Å². The standard InChI is InChI=1S/C15H15ClN2O/c1-2-3-6-9-17-15(19)13-10-11-7-4-5-8-12(11)14(16)18-13/h2-5,7-8,10H,6,9H2,1H3,(H,17,19)/b3-2+. The quantitative estimate of drug-likeness (QED) is 0.526. The van der Waals surface area contributed by atoms with Crippen molar-refractivity contribution in [1.29, 1.82) is 0 Å². The highest BCUT2D eigenvalue weighted by Gasteiger charge is 2.10. The number of carbonyl (C=O) groups is 1. The zero-order valence-corrected chi connectivity index (χ0v) is 11.4. The lowest BCUT2D eigenvalue weighted by molar-refractivity contribution is 0.0949. The van der Waals surface area contributed by atoms with Gasteiger partial charge in [-0.15, -0.1) is 0 Å². The number of benzene rings is 1. The van der Waals surface area contributed by atoms with E-state index in [1.807, 2.05) is 43.3 Å². The highest BCUT2D eigenvalue weighted by atomic mass is 35.5. The first-order valence-corrected chi connectivity index (χ1v) is 6.55. The third-order valence-corrected chi connectivity index (χ3v) is 3.05. The van der Waals surface area contributed by atoms with E-state index in [2.05, 4.69) is 10.3 Å². The van der Waals surface area contributed by atoms with Crippen molar-refractivity contribution in [3.05, 3.63) is 53.3 Å². The Morgan fingerprint density at radius 2 is 2.21 bits per heavy atom. The smallest absolute Gasteiger partial charge is 0.269 e. The van der Waals surface area contributed by atoms with E-state index in [9.17, 15) is 4.79 Å². The first-order valence-electron chi connectivity index (χ1n) is 6.17. The molecule has 1 aromatic heterocycles. The maximum Gasteiger partial charge on any atom is 0.269 e. The van der Waals surface area contributed by atoms with Crippen LogP contribution in [0.5, 0.6) is 0 Å². The number of hydrogen-bond donors (Lipinski definition) is 1. The lowest BCUT2D eigenvalue weighted by atomic mass is 10.1. The molecule has 0 saturated heterocycles. The van der Waals surface area contributed by atoms with Crippen LogP contribution in [0.15, 0.2) is 42.5 Å². The Bertz CT molecular complexity index is 623. The monoisotopic (exact) mass is 274 g/mol. The molecule has 1 amide bonds. The Labute approximate surface area is 117 Å². The predicted molar refractivity (Wildman–Crippen MR) is 78.5 cm³/mol. The Balaban J connectivity index is 2.18. The number of halogens is 1. The fourth-order valence-electron chi connectivity index (χ4n) is 1.80. The number of allylic oxidation sites excluding steroid dienone is 1. The van der Waals surface area contributed by atoms with Crippen molar-refractivity contribution < 1.29 is 4.79 Å². The van der Waals surface area contributed by atoms with Crippen LogP contribution in [0.2, 0.25) is 5.15 Å². The topological polar surface area (TPSA) is 42.0 Å². The summed E-state index contributed by atoms with van der Waals surface area (Å²) in [4.78, 5) is 16.1. The number of carbonyl (C=O) groups excluding carboxylic acids is 1. The summed E-state index contributed by atoms with van der Waals surface area (Å²) in [5.74, 6) is -0.197. The molecule has 0 bridgehead atoms. The molecule has 1 heterocycles. The Kier molecular flexibility index (Phi) is 4.53. The number of fused-ring (bicyclic) bond motifs is 1. The molecule has 0 aliphatic carbocycles. The van der Waals surface area contributed by atoms with Gasteiger partial charge in [0.2, 0.25) is 0 Å². The average Bonchev–Trinajstić information content (AvgIpc) is 2.43. The van der Waals surface area contributed by atoms with Crippen molar-refractivity contribution >= 4 is 28.3 Å². The molecule has 0 saturated carbocycles. The Hall–Kier alpha value is -1.87. The number of amides is 1. The third kappa shape index (κ3) is 3.32. The van der Waals surface area contributed by atoms with Gasteiger partial charge in [-0.3, -0.25) is 4.79 Å². The first-order chi connectivity index (χ1) is 9.22. The second kappa shape index (κ2) is 6.34. The minimum absolute atomic E-state index is 0.197. The van der Waals surface area contributed by atoms with Crippen LogP contribution in [0, 0.1) is 0 Å². The van der Waals surface area contributed by atoms with Gasteiger partial charge in [-0.1, -0.05) is 48.0 Å². The van der Waals surface area contributed by atoms with Gasteiger partial charge in [-0.05, 0) is 24.8 Å². The number of nitrogens with one attached hydrogen (secondary N) is 1. The van der Waals surface area contributed by atoms with Crippen molar-refractivity contribution in [2.24, 2.45) is 0 Å². The van der Waals surface area contributed by atoms with Gasteiger partial charge in [0.05, 0.1) is 0 Å². The Morgan fingerprint density at radius 1 is 1.42 bits per heavy atom. The highest BCUT2D eigenvalue weighted by molar-refractivity contribution is 6.34. The van der Waals surface area contributed by atoms with E-state index in [0.717, 1.165) is 17.2 Å². The second-order valence-electron chi connectivity index (χ2n) is 4.13. The van der Waals surface area contributed by atoms with Gasteiger partial charge in [0.25, 0.3) is 5.91 Å². The van der Waals surface area contributed by atoms with Gasteiger partial charge in [0.1, 0.15) is 10.8 Å². The van der Waals surface area contributed by atoms with Gasteiger partial charge in [-0.2, -0.15) is 0 Å². The van der Waals surface area contributed by atoms with Crippen molar-refractivity contribution in [1.82, 2.24) is 10.3 Å². The molecule has 0 unspecified atom stereocenters. The van der Waals surface area contributed by atoms with Crippen LogP contribution < -0.4 is 5.32 Å². The molecule has 0 atom stereocenters. The lowest BCUT2D eigenvalue weighted by Gasteiger charge is -2.06. The summed E-state index contributed by atoms with van der Waals surface area (Å²) in [7, 11) is 0. The normalized spacial score (nSPS) is 11.1. The van der Waals surface area contributed by atoms with Crippen LogP contribution in [0.4, 0.5) is 0 Å². The van der Waals surface area contributed by atoms with Crippen molar-refractivity contribution in [2.45, 2.75) is 13.3 Å². The fourth-order valence-corrected chi connectivity index (χ4v) is 2.06. The minimum Gasteiger partial charge on any atom is -0.350 e. The van der Waals surface area contributed by atoms with Crippen LogP contribution in [0.3, 0.4) is 0 Å². The summed E-state index contributed by atoms with van der Waals surface area (Å²) < 4.78 is 0. The first kappa shape index (κ1) is 13.6. The largest absolute Gasteiger partial charge is 0.350 e. The molecule has 98 valence electrons. The SMILES string of the molecule is C/C=C/CCNC(=O)c1cc2ccccc2c(Cl)n1. The van der Waals surface area contributed by atoms with Gasteiger partial charge in [-0.25, -0.2) is 4.98 Å². The van der Waals surface area contributed by atoms with Crippen LogP contribution in [-0.2, 0) is 0 Å². The van der Waals surface area contributed by atoms with E-state index in [4.69, 9.17) is 11.6 Å². The molecule has 3 nitrogen and oxygen atoms in total. The third-order valence-electron chi connectivity index (χ3n) is 2.76. The molecule has 2 rings (SSSR count). The molecule has 0 aliphatic rings. The zero-order valence-electron chi connectivity index (χ0n) is 10.7. The molecule has 1 N–H and O–H groups in total. The Morgan fingerprint density at radius 3 is 3.00 bits per heavy atom. The summed E-state index contributed by atoms with van der Waals surface area (Å²) in [6.45, 7) is 2.54. The zero-order chi connectivity index (χ0) is 13.7. The average molecular weight is 275 g/mol. The summed E-state index contributed by atoms with van der Waals surface area (Å²) in [5.41, 5.74) is 0.351. The van der Waals surface area contributed by atoms with E-state index in [1.165, 1.54) is 0 Å². The summed E-state index contributed by atoms with van der Waals surface area (Å²) in [6, 6.07) is 9.36. The molecule has 0 aliphatic heterocycles. The molecule has 1 aromatic carbocycles. The van der Waals surface area contributed by atoms with E-state index >= 15 is 0 Å². The van der Waals surface area contributed by atoms with Gasteiger partial charge >= 0.3 is 0 Å². The van der Waals surface area contributed by atoms with E-state index in [-0.39, 0.29) is 5.91 Å². The van der Waals surface area contributed by atoms with Crippen molar-refractivity contribution in [3.63, 3.8) is 0 Å². The molecular weight excluding hydrogens is 260 g/mol. The minimum atomic E-state index is -0.197. The van der Waals surface area contributed by atoms with Crippen LogP contribution in [0.1, 0.15) is 23.8 Å². The van der Waals surface area contributed by atoms with E-state index in [1.54, 1.807) is 6.07 Å². The number of hydrogen-bond acceptors (Lipinski definition) is 2. The van der Waals surface area contributed by atoms with Crippen LogP contribution in [-0.4, -0.2) is 17.4 Å². The van der Waals surface area contributed by atoms with Crippen LogP contribution in [0.25, 0.3) is 10.8 Å². The van der Waals surface area contributed by atoms with Gasteiger partial charge < -0.3 is 5.32 Å². The predicted octanol–water partition coefficient (Wildman–Crippen LogP) is 3.58. The fraction of sp³-hybridized carbons (Fsp3) is 0.200. The van der Waals surface area contributed by atoms with E-state index in [0.29, 0.717) is 17.4 Å². The summed E-state index contributed by atoms with van der Waals surface area (Å²) >= 11 is 6.09. The molecule has 19 heavy (non-hydrogen) atoms. The van der Waals surface area contributed by atoms with Crippen molar-refractivity contribution in [2.75, 3.05) is 6.54 Å². The summed E-state index contributed by atoms with van der Waals surface area (Å²) in [6.07, 6.45) is 4.77.